The van der Waals surface area contributed by atoms with Crippen molar-refractivity contribution < 1.29 is 4.79 Å². The molecular weight excluding hydrogens is 224 g/mol. The van der Waals surface area contributed by atoms with Gasteiger partial charge in [0.25, 0.3) is 0 Å². The molecule has 0 aliphatic carbocycles. The quantitative estimate of drug-likeness (QED) is 0.852. The number of amides is 1. The first-order valence-electron chi connectivity index (χ1n) is 6.43. The number of benzene rings is 1. The van der Waals surface area contributed by atoms with Crippen LogP contribution in [0, 0.1) is 11.3 Å². The van der Waals surface area contributed by atoms with E-state index in [9.17, 15) is 4.79 Å². The van der Waals surface area contributed by atoms with Crippen LogP contribution in [0.5, 0.6) is 0 Å². The molecule has 1 amide bonds. The van der Waals surface area contributed by atoms with Gasteiger partial charge in [-0.15, -0.1) is 0 Å². The molecule has 0 unspecified atom stereocenters. The van der Waals surface area contributed by atoms with Gasteiger partial charge in [-0.05, 0) is 29.7 Å². The number of rotatable bonds is 4. The normalized spacial score (nSPS) is 11.4. The fraction of sp³-hybridized carbons (Fsp3) is 0.533. The molecule has 0 fully saturated rings. The van der Waals surface area contributed by atoms with Crippen LogP contribution < -0.4 is 10.6 Å². The minimum Gasteiger partial charge on any atom is -0.385 e. The molecule has 0 bridgehead atoms. The minimum atomic E-state index is 0.00342. The molecule has 0 heterocycles. The van der Waals surface area contributed by atoms with Gasteiger partial charge in [-0.2, -0.15) is 0 Å². The lowest BCUT2D eigenvalue weighted by atomic mass is 9.97. The van der Waals surface area contributed by atoms with Gasteiger partial charge in [0.1, 0.15) is 0 Å². The van der Waals surface area contributed by atoms with E-state index in [0.717, 1.165) is 17.9 Å². The molecule has 0 aromatic heterocycles. The average molecular weight is 248 g/mol. The van der Waals surface area contributed by atoms with Crippen molar-refractivity contribution in [1.82, 2.24) is 0 Å². The minimum absolute atomic E-state index is 0.00342. The molecule has 3 heteroatoms. The van der Waals surface area contributed by atoms with E-state index in [1.807, 2.05) is 38.1 Å². The van der Waals surface area contributed by atoms with Crippen molar-refractivity contribution in [3.63, 3.8) is 0 Å². The van der Waals surface area contributed by atoms with Crippen LogP contribution in [0.15, 0.2) is 24.3 Å². The van der Waals surface area contributed by atoms with Gasteiger partial charge in [0.2, 0.25) is 5.91 Å². The zero-order chi connectivity index (χ0) is 13.8. The van der Waals surface area contributed by atoms with Crippen LogP contribution in [-0.2, 0) is 4.79 Å². The number of nitrogens with one attached hydrogen (secondary N) is 2. The molecule has 1 aromatic carbocycles. The molecule has 100 valence electrons. The van der Waals surface area contributed by atoms with E-state index in [1.54, 1.807) is 0 Å². The van der Waals surface area contributed by atoms with Crippen molar-refractivity contribution >= 4 is 17.3 Å². The second-order valence-corrected chi connectivity index (χ2v) is 6.14. The molecule has 2 N–H and O–H groups in total. The zero-order valence-electron chi connectivity index (χ0n) is 12.0. The molecule has 0 aliphatic heterocycles. The second-order valence-electron chi connectivity index (χ2n) is 6.14. The van der Waals surface area contributed by atoms with E-state index >= 15 is 0 Å². The third kappa shape index (κ3) is 5.21. The Balaban J connectivity index is 2.55. The van der Waals surface area contributed by atoms with Crippen LogP contribution in [0.2, 0.25) is 0 Å². The second kappa shape index (κ2) is 5.89. The van der Waals surface area contributed by atoms with Crippen LogP contribution in [0.3, 0.4) is 0 Å². The highest BCUT2D eigenvalue weighted by Gasteiger charge is 2.09. The summed E-state index contributed by atoms with van der Waals surface area (Å²) in [6, 6.07) is 7.82. The number of hydrogen-bond donors (Lipinski definition) is 2. The topological polar surface area (TPSA) is 41.1 Å². The van der Waals surface area contributed by atoms with E-state index in [1.165, 1.54) is 0 Å². The number of carbonyl (C=O) groups excluding carboxylic acids is 1. The summed E-state index contributed by atoms with van der Waals surface area (Å²) < 4.78 is 0. The molecule has 3 nitrogen and oxygen atoms in total. The Morgan fingerprint density at radius 2 is 1.61 bits per heavy atom. The number of hydrogen-bond acceptors (Lipinski definition) is 2. The maximum Gasteiger partial charge on any atom is 0.226 e. The third-order valence-electron chi connectivity index (χ3n) is 2.50. The van der Waals surface area contributed by atoms with E-state index in [4.69, 9.17) is 0 Å². The van der Waals surface area contributed by atoms with Crippen molar-refractivity contribution in [2.45, 2.75) is 34.6 Å². The zero-order valence-corrected chi connectivity index (χ0v) is 12.0. The summed E-state index contributed by atoms with van der Waals surface area (Å²) in [4.78, 5) is 11.5. The predicted molar refractivity (Wildman–Crippen MR) is 77.9 cm³/mol. The van der Waals surface area contributed by atoms with Crippen molar-refractivity contribution in [2.24, 2.45) is 11.3 Å². The highest BCUT2D eigenvalue weighted by atomic mass is 16.1. The van der Waals surface area contributed by atoms with Crippen LogP contribution in [0.25, 0.3) is 0 Å². The summed E-state index contributed by atoms with van der Waals surface area (Å²) in [5.74, 6) is 0.0501. The van der Waals surface area contributed by atoms with Crippen LogP contribution in [0.4, 0.5) is 11.4 Å². The molecule has 0 spiro atoms. The summed E-state index contributed by atoms with van der Waals surface area (Å²) in [5, 5.41) is 6.25. The van der Waals surface area contributed by atoms with E-state index in [2.05, 4.69) is 31.4 Å². The van der Waals surface area contributed by atoms with Gasteiger partial charge in [0.15, 0.2) is 0 Å². The lowest BCUT2D eigenvalue weighted by Gasteiger charge is -2.19. The maximum atomic E-state index is 11.5. The third-order valence-corrected chi connectivity index (χ3v) is 2.50. The molecule has 0 radical (unpaired) electrons. The van der Waals surface area contributed by atoms with Crippen molar-refractivity contribution in [3.05, 3.63) is 24.3 Å². The SMILES string of the molecule is CC(C)C(=O)Nc1ccc(NCC(C)(C)C)cc1. The summed E-state index contributed by atoms with van der Waals surface area (Å²) in [5.41, 5.74) is 2.17. The molecule has 1 rings (SSSR count). The fourth-order valence-corrected chi connectivity index (χ4v) is 1.33. The van der Waals surface area contributed by atoms with Gasteiger partial charge in [0.05, 0.1) is 0 Å². The summed E-state index contributed by atoms with van der Waals surface area (Å²) in [7, 11) is 0. The largest absolute Gasteiger partial charge is 0.385 e. The average Bonchev–Trinajstić information content (AvgIpc) is 2.27. The monoisotopic (exact) mass is 248 g/mol. The van der Waals surface area contributed by atoms with Gasteiger partial charge >= 0.3 is 0 Å². The Morgan fingerprint density at radius 1 is 1.11 bits per heavy atom. The van der Waals surface area contributed by atoms with Crippen LogP contribution >= 0.6 is 0 Å². The summed E-state index contributed by atoms with van der Waals surface area (Å²) in [6.45, 7) is 11.3. The molecule has 0 aliphatic rings. The highest BCUT2D eigenvalue weighted by Crippen LogP contribution is 2.18. The lowest BCUT2D eigenvalue weighted by Crippen LogP contribution is -2.19. The number of carbonyl (C=O) groups is 1. The van der Waals surface area contributed by atoms with Gasteiger partial charge < -0.3 is 10.6 Å². The Hall–Kier alpha value is -1.51. The lowest BCUT2D eigenvalue weighted by molar-refractivity contribution is -0.118. The first-order valence-corrected chi connectivity index (χ1v) is 6.43. The van der Waals surface area contributed by atoms with Gasteiger partial charge in [-0.1, -0.05) is 34.6 Å². The molecule has 0 atom stereocenters. The molecule has 18 heavy (non-hydrogen) atoms. The summed E-state index contributed by atoms with van der Waals surface area (Å²) in [6.07, 6.45) is 0. The fourth-order valence-electron chi connectivity index (χ4n) is 1.33. The standard InChI is InChI=1S/C15H24N2O/c1-11(2)14(18)17-13-8-6-12(7-9-13)16-10-15(3,4)5/h6-9,11,16H,10H2,1-5H3,(H,17,18). The van der Waals surface area contributed by atoms with E-state index < -0.39 is 0 Å². The highest BCUT2D eigenvalue weighted by molar-refractivity contribution is 5.92. The number of anilines is 2. The molecular formula is C15H24N2O. The molecule has 0 saturated heterocycles. The maximum absolute atomic E-state index is 11.5. The Bertz CT molecular complexity index is 388. The predicted octanol–water partition coefficient (Wildman–Crippen LogP) is 3.74. The van der Waals surface area contributed by atoms with Gasteiger partial charge in [-0.3, -0.25) is 4.79 Å². The van der Waals surface area contributed by atoms with Crippen LogP contribution in [0.1, 0.15) is 34.6 Å². The Kier molecular flexibility index (Phi) is 4.76. The van der Waals surface area contributed by atoms with Gasteiger partial charge in [-0.25, -0.2) is 0 Å². The smallest absolute Gasteiger partial charge is 0.226 e. The van der Waals surface area contributed by atoms with E-state index in [0.29, 0.717) is 0 Å². The van der Waals surface area contributed by atoms with Crippen molar-refractivity contribution in [3.8, 4) is 0 Å². The van der Waals surface area contributed by atoms with E-state index in [-0.39, 0.29) is 17.2 Å². The molecule has 1 aromatic rings. The Morgan fingerprint density at radius 3 is 2.06 bits per heavy atom. The van der Waals surface area contributed by atoms with Gasteiger partial charge in [0, 0.05) is 23.8 Å². The summed E-state index contributed by atoms with van der Waals surface area (Å²) >= 11 is 0. The first-order chi connectivity index (χ1) is 8.28. The van der Waals surface area contributed by atoms with Crippen LogP contribution in [-0.4, -0.2) is 12.5 Å². The first kappa shape index (κ1) is 14.6. The Labute approximate surface area is 110 Å². The van der Waals surface area contributed by atoms with Crippen molar-refractivity contribution in [2.75, 3.05) is 17.2 Å². The van der Waals surface area contributed by atoms with Crippen molar-refractivity contribution in [1.29, 1.82) is 0 Å². The molecule has 0 saturated carbocycles.